The number of nitrogen functional groups attached to an aromatic ring is 1. The zero-order valence-electron chi connectivity index (χ0n) is 12.4. The number of benzene rings is 1. The molecule has 2 N–H and O–H groups in total. The average Bonchev–Trinajstić information content (AvgIpc) is 2.29. The number of Topliss-reactive ketones (excluding diaryl/α,β-unsaturated/α-hetero) is 1. The van der Waals surface area contributed by atoms with Gasteiger partial charge in [0.15, 0.2) is 5.78 Å². The molecule has 0 spiro atoms. The number of carbonyl (C=O) groups excluding carboxylic acids is 1. The van der Waals surface area contributed by atoms with Crippen molar-refractivity contribution in [3.63, 3.8) is 0 Å². The minimum atomic E-state index is -0.320. The molecule has 0 amide bonds. The Kier molecular flexibility index (Phi) is 3.00. The van der Waals surface area contributed by atoms with E-state index in [1.807, 2.05) is 0 Å². The van der Waals surface area contributed by atoms with Gasteiger partial charge in [0.25, 0.3) is 0 Å². The fraction of sp³-hybridized carbons (Fsp3) is 0.562. The summed E-state index contributed by atoms with van der Waals surface area (Å²) in [4.78, 5) is 12.5. The molecule has 104 valence electrons. The Morgan fingerprint density at radius 2 is 1.68 bits per heavy atom. The molecule has 0 saturated carbocycles. The van der Waals surface area contributed by atoms with Crippen molar-refractivity contribution < 1.29 is 9.18 Å². The van der Waals surface area contributed by atoms with Gasteiger partial charge in [0.2, 0.25) is 0 Å². The van der Waals surface area contributed by atoms with Crippen LogP contribution < -0.4 is 5.73 Å². The molecule has 2 rings (SSSR count). The van der Waals surface area contributed by atoms with E-state index in [0.29, 0.717) is 24.0 Å². The maximum atomic E-state index is 13.9. The number of anilines is 1. The van der Waals surface area contributed by atoms with Crippen LogP contribution in [-0.2, 0) is 6.42 Å². The predicted molar refractivity (Wildman–Crippen MR) is 75.8 cm³/mol. The summed E-state index contributed by atoms with van der Waals surface area (Å²) in [5.74, 6) is -0.286. The number of fused-ring (bicyclic) bond motifs is 1. The standard InChI is InChI=1S/C16H22FNO/c1-9-10-7-15(2,3)16(4,5)8-13(19)14(10)12(18)6-11(9)17/h6H,7-8,18H2,1-5H3. The van der Waals surface area contributed by atoms with E-state index in [-0.39, 0.29) is 28.1 Å². The molecule has 0 saturated heterocycles. The van der Waals surface area contributed by atoms with Crippen LogP contribution in [0.25, 0.3) is 0 Å². The van der Waals surface area contributed by atoms with Crippen molar-refractivity contribution in [2.75, 3.05) is 5.73 Å². The second-order valence-corrected chi connectivity index (χ2v) is 6.97. The first-order valence-corrected chi connectivity index (χ1v) is 6.67. The summed E-state index contributed by atoms with van der Waals surface area (Å²) in [5, 5.41) is 0. The molecule has 0 heterocycles. The van der Waals surface area contributed by atoms with E-state index in [1.54, 1.807) is 6.92 Å². The first-order chi connectivity index (χ1) is 8.57. The van der Waals surface area contributed by atoms with Crippen LogP contribution >= 0.6 is 0 Å². The quantitative estimate of drug-likeness (QED) is 0.570. The van der Waals surface area contributed by atoms with Crippen molar-refractivity contribution in [2.24, 2.45) is 10.8 Å². The van der Waals surface area contributed by atoms with Gasteiger partial charge in [0.05, 0.1) is 0 Å². The second-order valence-electron chi connectivity index (χ2n) is 6.97. The molecule has 0 aromatic heterocycles. The van der Waals surface area contributed by atoms with E-state index in [0.717, 1.165) is 5.56 Å². The molecular weight excluding hydrogens is 241 g/mol. The van der Waals surface area contributed by atoms with Crippen LogP contribution in [0.15, 0.2) is 6.07 Å². The van der Waals surface area contributed by atoms with Crippen LogP contribution in [0.3, 0.4) is 0 Å². The summed E-state index contributed by atoms with van der Waals surface area (Å²) >= 11 is 0. The third kappa shape index (κ3) is 2.05. The van der Waals surface area contributed by atoms with Gasteiger partial charge in [-0.15, -0.1) is 0 Å². The molecule has 1 aliphatic rings. The van der Waals surface area contributed by atoms with E-state index >= 15 is 0 Å². The summed E-state index contributed by atoms with van der Waals surface area (Å²) in [7, 11) is 0. The van der Waals surface area contributed by atoms with Crippen LogP contribution in [0.5, 0.6) is 0 Å². The molecular formula is C16H22FNO. The van der Waals surface area contributed by atoms with E-state index in [4.69, 9.17) is 5.73 Å². The van der Waals surface area contributed by atoms with E-state index in [2.05, 4.69) is 27.7 Å². The zero-order chi connectivity index (χ0) is 14.6. The first-order valence-electron chi connectivity index (χ1n) is 6.67. The predicted octanol–water partition coefficient (Wildman–Crippen LogP) is 3.90. The number of rotatable bonds is 0. The second kappa shape index (κ2) is 4.06. The topological polar surface area (TPSA) is 43.1 Å². The van der Waals surface area contributed by atoms with Gasteiger partial charge in [-0.05, 0) is 41.4 Å². The number of ketones is 1. The summed E-state index contributed by atoms with van der Waals surface area (Å²) < 4.78 is 13.9. The summed E-state index contributed by atoms with van der Waals surface area (Å²) in [6.07, 6.45) is 1.12. The minimum Gasteiger partial charge on any atom is -0.398 e. The lowest BCUT2D eigenvalue weighted by molar-refractivity contribution is 0.0748. The minimum absolute atomic E-state index is 0.0335. The van der Waals surface area contributed by atoms with Gasteiger partial charge in [0.1, 0.15) is 5.82 Å². The highest BCUT2D eigenvalue weighted by Gasteiger charge is 2.43. The van der Waals surface area contributed by atoms with E-state index in [9.17, 15) is 9.18 Å². The third-order valence-electron chi connectivity index (χ3n) is 5.02. The number of halogens is 1. The highest BCUT2D eigenvalue weighted by Crippen LogP contribution is 2.48. The molecule has 1 aromatic carbocycles. The van der Waals surface area contributed by atoms with E-state index < -0.39 is 0 Å². The largest absolute Gasteiger partial charge is 0.398 e. The molecule has 2 nitrogen and oxygen atoms in total. The molecule has 0 aliphatic heterocycles. The van der Waals surface area contributed by atoms with Crippen molar-refractivity contribution in [3.05, 3.63) is 28.6 Å². The molecule has 3 heteroatoms. The lowest BCUT2D eigenvalue weighted by Gasteiger charge is -2.40. The molecule has 0 bridgehead atoms. The Morgan fingerprint density at radius 3 is 2.26 bits per heavy atom. The zero-order valence-corrected chi connectivity index (χ0v) is 12.4. The van der Waals surface area contributed by atoms with Gasteiger partial charge >= 0.3 is 0 Å². The van der Waals surface area contributed by atoms with Crippen LogP contribution in [0.1, 0.15) is 55.6 Å². The van der Waals surface area contributed by atoms with Crippen molar-refractivity contribution in [1.82, 2.24) is 0 Å². The van der Waals surface area contributed by atoms with Crippen molar-refractivity contribution >= 4 is 11.5 Å². The SMILES string of the molecule is Cc1c(F)cc(N)c2c1CC(C)(C)C(C)(C)CC2=O. The van der Waals surface area contributed by atoms with Crippen LogP contribution in [0, 0.1) is 23.6 Å². The molecule has 0 radical (unpaired) electrons. The van der Waals surface area contributed by atoms with Crippen LogP contribution in [0.4, 0.5) is 10.1 Å². The number of hydrogen-bond acceptors (Lipinski definition) is 2. The van der Waals surface area contributed by atoms with Gasteiger partial charge in [-0.2, -0.15) is 0 Å². The smallest absolute Gasteiger partial charge is 0.165 e. The third-order valence-corrected chi connectivity index (χ3v) is 5.02. The molecule has 0 atom stereocenters. The summed E-state index contributed by atoms with van der Waals surface area (Å²) in [6.45, 7) is 10.2. The molecule has 0 unspecified atom stereocenters. The molecule has 0 fully saturated rings. The summed E-state index contributed by atoms with van der Waals surface area (Å²) in [6, 6.07) is 1.28. The lowest BCUT2D eigenvalue weighted by Crippen LogP contribution is -2.34. The van der Waals surface area contributed by atoms with Gasteiger partial charge in [-0.3, -0.25) is 4.79 Å². The van der Waals surface area contributed by atoms with Gasteiger partial charge < -0.3 is 5.73 Å². The lowest BCUT2D eigenvalue weighted by atomic mass is 9.64. The average molecular weight is 263 g/mol. The fourth-order valence-corrected chi connectivity index (χ4v) is 2.78. The van der Waals surface area contributed by atoms with Crippen molar-refractivity contribution in [3.8, 4) is 0 Å². The van der Waals surface area contributed by atoms with Crippen molar-refractivity contribution in [2.45, 2.75) is 47.5 Å². The maximum absolute atomic E-state index is 13.9. The Hall–Kier alpha value is -1.38. The monoisotopic (exact) mass is 263 g/mol. The van der Waals surface area contributed by atoms with Crippen LogP contribution in [-0.4, -0.2) is 5.78 Å². The highest BCUT2D eigenvalue weighted by atomic mass is 19.1. The molecule has 1 aromatic rings. The Morgan fingerprint density at radius 1 is 1.16 bits per heavy atom. The Balaban J connectivity index is 2.73. The highest BCUT2D eigenvalue weighted by molar-refractivity contribution is 6.03. The summed E-state index contributed by atoms with van der Waals surface area (Å²) in [5.41, 5.74) is 7.82. The maximum Gasteiger partial charge on any atom is 0.165 e. The Bertz CT molecular complexity index is 558. The van der Waals surface area contributed by atoms with Crippen LogP contribution in [0.2, 0.25) is 0 Å². The Labute approximate surface area is 114 Å². The molecule has 1 aliphatic carbocycles. The van der Waals surface area contributed by atoms with Gasteiger partial charge in [-0.1, -0.05) is 27.7 Å². The number of hydrogen-bond donors (Lipinski definition) is 1. The van der Waals surface area contributed by atoms with Gasteiger partial charge in [-0.25, -0.2) is 4.39 Å². The normalized spacial score (nSPS) is 20.8. The first kappa shape index (κ1) is 14.0. The number of carbonyl (C=O) groups is 1. The molecule has 19 heavy (non-hydrogen) atoms. The number of nitrogens with two attached hydrogens (primary N) is 1. The van der Waals surface area contributed by atoms with Crippen molar-refractivity contribution in [1.29, 1.82) is 0 Å². The fourth-order valence-electron chi connectivity index (χ4n) is 2.78. The van der Waals surface area contributed by atoms with E-state index in [1.165, 1.54) is 6.07 Å². The van der Waals surface area contributed by atoms with Gasteiger partial charge in [0, 0.05) is 17.7 Å².